The molecule has 4 aliphatic rings. The lowest BCUT2D eigenvalue weighted by Gasteiger charge is -2.44. The molecule has 4 heterocycles. The molecular formula is C31H39N7O10S2. The Balaban J connectivity index is 1.41. The number of piperazine rings is 1. The van der Waals surface area contributed by atoms with Crippen molar-refractivity contribution in [2.24, 2.45) is 0 Å². The van der Waals surface area contributed by atoms with Crippen molar-refractivity contribution in [1.82, 2.24) is 36.0 Å². The molecule has 0 aromatic heterocycles. The summed E-state index contributed by atoms with van der Waals surface area (Å²) in [7, 11) is 0. The first-order chi connectivity index (χ1) is 23.4. The molecule has 270 valence electrons. The van der Waals surface area contributed by atoms with Crippen LogP contribution in [0.15, 0.2) is 30.3 Å². The van der Waals surface area contributed by atoms with E-state index < -0.39 is 98.0 Å². The number of rotatable bonds is 10. The number of carbonyl (C=O) groups is 8. The van der Waals surface area contributed by atoms with Gasteiger partial charge in [-0.25, -0.2) is 9.59 Å². The highest BCUT2D eigenvalue weighted by Crippen LogP contribution is 2.51. The Hall–Kier alpha value is -4.36. The number of likely N-dealkylation sites (N-methyl/N-ethyl adjacent to an activating group) is 1. The van der Waals surface area contributed by atoms with Crippen LogP contribution in [0.2, 0.25) is 0 Å². The second kappa shape index (κ2) is 13.7. The third-order valence-corrected chi connectivity index (χ3v) is 12.2. The number of benzene rings is 1. The van der Waals surface area contributed by atoms with Gasteiger partial charge in [-0.1, -0.05) is 30.3 Å². The number of carboxylic acid groups (broad SMARTS) is 2. The van der Waals surface area contributed by atoms with E-state index in [2.05, 4.69) is 21.3 Å². The van der Waals surface area contributed by atoms with E-state index in [4.69, 9.17) is 0 Å². The van der Waals surface area contributed by atoms with E-state index in [1.165, 1.54) is 33.7 Å². The van der Waals surface area contributed by atoms with E-state index in [1.807, 2.05) is 0 Å². The SMILES string of the molecule is CCN1CCN(C(=O)N[C@@H](C(=O)NC(C(=O)N[C@@H]2C(=O)N3[C@@H]2SC(C)(C)[C@@H]3C(=O)O)C2N[C@@H](C(=O)O)C(C)(C)S2)c2ccccc2)C(=O)C1=O. The zero-order chi connectivity index (χ0) is 36.9. The highest BCUT2D eigenvalue weighted by atomic mass is 32.2. The molecule has 19 heteroatoms. The van der Waals surface area contributed by atoms with Crippen LogP contribution in [-0.4, -0.2) is 136 Å². The fraction of sp³-hybridized carbons (Fsp3) is 0.548. The van der Waals surface area contributed by atoms with Gasteiger partial charge in [0, 0.05) is 29.1 Å². The van der Waals surface area contributed by atoms with Gasteiger partial charge in [-0.05, 0) is 40.2 Å². The molecule has 1 aromatic carbocycles. The predicted octanol–water partition coefficient (Wildman–Crippen LogP) is -0.861. The number of nitrogens with zero attached hydrogens (tertiary/aromatic N) is 3. The minimum atomic E-state index is -1.51. The average molecular weight is 734 g/mol. The van der Waals surface area contributed by atoms with Crippen LogP contribution in [0.4, 0.5) is 4.79 Å². The maximum absolute atomic E-state index is 14.1. The smallest absolute Gasteiger partial charge is 0.327 e. The average Bonchev–Trinajstić information content (AvgIpc) is 3.52. The second-order valence-corrected chi connectivity index (χ2v) is 16.9. The lowest BCUT2D eigenvalue weighted by molar-refractivity contribution is -0.161. The van der Waals surface area contributed by atoms with E-state index in [-0.39, 0.29) is 25.2 Å². The molecule has 5 rings (SSSR count). The molecule has 50 heavy (non-hydrogen) atoms. The normalized spacial score (nSPS) is 27.9. The zero-order valence-electron chi connectivity index (χ0n) is 27.9. The molecule has 0 saturated carbocycles. The van der Waals surface area contributed by atoms with E-state index >= 15 is 0 Å². The third-order valence-electron chi connectivity index (χ3n) is 9.16. The molecule has 2 unspecified atom stereocenters. The molecular weight excluding hydrogens is 695 g/mol. The summed E-state index contributed by atoms with van der Waals surface area (Å²) < 4.78 is -1.82. The number of hydrogen-bond donors (Lipinski definition) is 6. The minimum Gasteiger partial charge on any atom is -0.480 e. The Bertz CT molecular complexity index is 1630. The summed E-state index contributed by atoms with van der Waals surface area (Å²) in [6.07, 6.45) is 0. The van der Waals surface area contributed by atoms with E-state index in [0.29, 0.717) is 4.90 Å². The maximum Gasteiger partial charge on any atom is 0.327 e. The zero-order valence-corrected chi connectivity index (χ0v) is 29.5. The van der Waals surface area contributed by atoms with Crippen LogP contribution in [0, 0.1) is 0 Å². The lowest BCUT2D eigenvalue weighted by atomic mass is 9.96. The van der Waals surface area contributed by atoms with Crippen molar-refractivity contribution in [2.45, 2.75) is 85.1 Å². The summed E-state index contributed by atoms with van der Waals surface area (Å²) in [6.45, 7) is 8.62. The second-order valence-electron chi connectivity index (χ2n) is 13.3. The van der Waals surface area contributed by atoms with Gasteiger partial charge in [0.25, 0.3) is 0 Å². The van der Waals surface area contributed by atoms with Crippen LogP contribution in [0.3, 0.4) is 0 Å². The van der Waals surface area contributed by atoms with Crippen LogP contribution >= 0.6 is 23.5 Å². The van der Waals surface area contributed by atoms with Crippen molar-refractivity contribution in [3.63, 3.8) is 0 Å². The summed E-state index contributed by atoms with van der Waals surface area (Å²) in [4.78, 5) is 107. The van der Waals surface area contributed by atoms with Crippen molar-refractivity contribution in [3.8, 4) is 0 Å². The molecule has 7 amide bonds. The van der Waals surface area contributed by atoms with Crippen LogP contribution in [-0.2, 0) is 33.6 Å². The van der Waals surface area contributed by atoms with Crippen molar-refractivity contribution < 1.29 is 48.6 Å². The van der Waals surface area contributed by atoms with Gasteiger partial charge in [-0.3, -0.25) is 39.0 Å². The number of urea groups is 1. The first-order valence-electron chi connectivity index (χ1n) is 15.9. The maximum atomic E-state index is 14.1. The van der Waals surface area contributed by atoms with Gasteiger partial charge in [-0.2, -0.15) is 0 Å². The van der Waals surface area contributed by atoms with Crippen LogP contribution in [0.5, 0.6) is 0 Å². The summed E-state index contributed by atoms with van der Waals surface area (Å²) >= 11 is 2.29. The quantitative estimate of drug-likeness (QED) is 0.127. The number of carboxylic acids is 2. The van der Waals surface area contributed by atoms with Gasteiger partial charge in [-0.15, -0.1) is 23.5 Å². The van der Waals surface area contributed by atoms with Gasteiger partial charge in [0.1, 0.15) is 35.6 Å². The molecule has 0 radical (unpaired) electrons. The van der Waals surface area contributed by atoms with Crippen molar-refractivity contribution >= 4 is 71.0 Å². The van der Waals surface area contributed by atoms with Crippen LogP contribution in [0.25, 0.3) is 0 Å². The first kappa shape index (κ1) is 36.9. The minimum absolute atomic E-state index is 0.102. The molecule has 0 spiro atoms. The van der Waals surface area contributed by atoms with Crippen LogP contribution in [0.1, 0.15) is 46.2 Å². The molecule has 1 aromatic rings. The highest BCUT2D eigenvalue weighted by Gasteiger charge is 2.64. The molecule has 4 fully saturated rings. The van der Waals surface area contributed by atoms with Gasteiger partial charge < -0.3 is 36.0 Å². The molecule has 4 saturated heterocycles. The predicted molar refractivity (Wildman–Crippen MR) is 179 cm³/mol. The number of β-lactam (4-membered cyclic amide) rings is 1. The van der Waals surface area contributed by atoms with Gasteiger partial charge in [0.05, 0.1) is 5.37 Å². The van der Waals surface area contributed by atoms with Crippen molar-refractivity contribution in [1.29, 1.82) is 0 Å². The summed E-state index contributed by atoms with van der Waals surface area (Å²) in [5.41, 5.74) is 0.272. The van der Waals surface area contributed by atoms with Gasteiger partial charge >= 0.3 is 29.8 Å². The molecule has 0 bridgehead atoms. The molecule has 4 aliphatic heterocycles. The Morgan fingerprint density at radius 2 is 1.56 bits per heavy atom. The first-order valence-corrected chi connectivity index (χ1v) is 17.6. The highest BCUT2D eigenvalue weighted by molar-refractivity contribution is 8.02. The Morgan fingerprint density at radius 3 is 2.14 bits per heavy atom. The van der Waals surface area contributed by atoms with Crippen molar-refractivity contribution in [2.75, 3.05) is 19.6 Å². The number of imide groups is 1. The topological polar surface area (TPSA) is 235 Å². The number of hydrogen-bond acceptors (Lipinski definition) is 11. The fourth-order valence-corrected chi connectivity index (χ4v) is 9.66. The third kappa shape index (κ3) is 6.72. The Morgan fingerprint density at radius 1 is 0.900 bits per heavy atom. The van der Waals surface area contributed by atoms with Gasteiger partial charge in [0.2, 0.25) is 17.7 Å². The van der Waals surface area contributed by atoms with Crippen molar-refractivity contribution in [3.05, 3.63) is 35.9 Å². The Kier molecular flexibility index (Phi) is 10.1. The number of carbonyl (C=O) groups excluding carboxylic acids is 6. The molecule has 6 N–H and O–H groups in total. The van der Waals surface area contributed by atoms with E-state index in [0.717, 1.165) is 11.8 Å². The number of fused-ring (bicyclic) bond motifs is 1. The fourth-order valence-electron chi connectivity index (χ4n) is 6.55. The summed E-state index contributed by atoms with van der Waals surface area (Å²) in [6, 6.07) is 0.563. The summed E-state index contributed by atoms with van der Waals surface area (Å²) in [5, 5.41) is 28.6. The molecule has 7 atom stereocenters. The van der Waals surface area contributed by atoms with Crippen LogP contribution < -0.4 is 21.3 Å². The standard InChI is InChI=1S/C31H39N7O10S2/c1-6-36-12-13-37(25(43)24(36)42)29(48)34-15(14-10-8-7-9-11-14)20(39)32-16(22-35-18(27(44)45)30(2,3)49-22)21(40)33-17-23(41)38-19(28(46)47)31(4,5)50-26(17)38/h7-11,15-19,22,26,35H,6,12-13H2,1-5H3,(H,32,39)(H,33,40)(H,34,48)(H,44,45)(H,46,47)/t15-,16?,17-,18+,19+,22?,26-/m1/s1. The number of nitrogens with one attached hydrogen (secondary N) is 4. The molecule has 0 aliphatic carbocycles. The van der Waals surface area contributed by atoms with Gasteiger partial charge in [0.15, 0.2) is 0 Å². The number of thioether (sulfide) groups is 2. The van der Waals surface area contributed by atoms with E-state index in [1.54, 1.807) is 52.8 Å². The largest absolute Gasteiger partial charge is 0.480 e. The summed E-state index contributed by atoms with van der Waals surface area (Å²) in [5.74, 6) is -6.68. The Labute approximate surface area is 295 Å². The van der Waals surface area contributed by atoms with E-state index in [9.17, 15) is 48.6 Å². The molecule has 17 nitrogen and oxygen atoms in total. The number of aliphatic carboxylic acids is 2. The number of amides is 7. The lowest BCUT2D eigenvalue weighted by Crippen LogP contribution is -2.72. The monoisotopic (exact) mass is 733 g/mol.